The molecule has 2 heterocycles. The van der Waals surface area contributed by atoms with Crippen LogP contribution in [0.5, 0.6) is 0 Å². The van der Waals surface area contributed by atoms with Gasteiger partial charge in [-0.25, -0.2) is 0 Å². The summed E-state index contributed by atoms with van der Waals surface area (Å²) < 4.78 is 5.17. The van der Waals surface area contributed by atoms with Crippen molar-refractivity contribution in [3.05, 3.63) is 94.9 Å². The van der Waals surface area contributed by atoms with Crippen molar-refractivity contribution in [3.8, 4) is 0 Å². The normalized spacial score (nSPS) is 18.2. The Bertz CT molecular complexity index is 1090. The van der Waals surface area contributed by atoms with Gasteiger partial charge in [0.1, 0.15) is 5.76 Å². The molecule has 152 valence electrons. The summed E-state index contributed by atoms with van der Waals surface area (Å²) in [4.78, 5) is 27.3. The van der Waals surface area contributed by atoms with Crippen LogP contribution in [0.2, 0.25) is 5.02 Å². The summed E-state index contributed by atoms with van der Waals surface area (Å²) in [5, 5.41) is 11.7. The van der Waals surface area contributed by atoms with Crippen LogP contribution >= 0.6 is 11.6 Å². The van der Waals surface area contributed by atoms with Gasteiger partial charge >= 0.3 is 0 Å². The van der Waals surface area contributed by atoms with E-state index in [2.05, 4.69) is 0 Å². The molecule has 1 amide bonds. The molecule has 0 aliphatic carbocycles. The molecule has 3 aromatic rings. The van der Waals surface area contributed by atoms with Crippen LogP contribution in [-0.4, -0.2) is 23.3 Å². The maximum atomic E-state index is 13.2. The molecule has 0 bridgehead atoms. The van der Waals surface area contributed by atoms with Crippen molar-refractivity contribution in [2.24, 2.45) is 0 Å². The van der Waals surface area contributed by atoms with E-state index in [4.69, 9.17) is 16.0 Å². The number of carbonyl (C=O) groups is 2. The summed E-state index contributed by atoms with van der Waals surface area (Å²) in [7, 11) is 0. The molecule has 1 N–H and O–H groups in total. The fourth-order valence-corrected chi connectivity index (χ4v) is 3.85. The minimum atomic E-state index is -1.96. The average Bonchev–Trinajstić information content (AvgIpc) is 3.33. The lowest BCUT2D eigenvalue weighted by Gasteiger charge is -2.22. The predicted molar refractivity (Wildman–Crippen MR) is 115 cm³/mol. The molecule has 6 heteroatoms. The van der Waals surface area contributed by atoms with Crippen LogP contribution in [0.25, 0.3) is 6.08 Å². The predicted octanol–water partition coefficient (Wildman–Crippen LogP) is 4.38. The summed E-state index contributed by atoms with van der Waals surface area (Å²) in [6.45, 7) is 0.385. The number of amides is 1. The number of rotatable bonds is 7. The van der Waals surface area contributed by atoms with Gasteiger partial charge in [-0.3, -0.25) is 9.59 Å². The average molecular weight is 422 g/mol. The topological polar surface area (TPSA) is 70.7 Å². The molecule has 2 aromatic carbocycles. The fourth-order valence-electron chi connectivity index (χ4n) is 3.67. The number of allylic oxidation sites excluding steroid dienone is 1. The van der Waals surface area contributed by atoms with Gasteiger partial charge in [-0.15, -0.1) is 0 Å². The van der Waals surface area contributed by atoms with E-state index in [1.165, 1.54) is 23.3 Å². The lowest BCUT2D eigenvalue weighted by molar-refractivity contribution is -0.140. The van der Waals surface area contributed by atoms with Gasteiger partial charge in [0, 0.05) is 17.1 Å². The molecular formula is C24H20ClNO4. The quantitative estimate of drug-likeness (QED) is 0.574. The molecule has 1 aliphatic rings. The van der Waals surface area contributed by atoms with E-state index >= 15 is 0 Å². The summed E-state index contributed by atoms with van der Waals surface area (Å²) in [6, 6.07) is 18.1. The Morgan fingerprint density at radius 1 is 1.13 bits per heavy atom. The van der Waals surface area contributed by atoms with E-state index in [0.29, 0.717) is 35.0 Å². The van der Waals surface area contributed by atoms with Gasteiger partial charge in [0.25, 0.3) is 5.91 Å². The number of halogens is 1. The van der Waals surface area contributed by atoms with E-state index in [0.717, 1.165) is 5.56 Å². The van der Waals surface area contributed by atoms with E-state index < -0.39 is 17.3 Å². The largest absolute Gasteiger partial charge is 0.465 e. The maximum absolute atomic E-state index is 13.2. The molecule has 1 atom stereocenters. The van der Waals surface area contributed by atoms with Crippen LogP contribution in [0.3, 0.4) is 0 Å². The van der Waals surface area contributed by atoms with Crippen LogP contribution in [-0.2, 0) is 21.6 Å². The smallest absolute Gasteiger partial charge is 0.264 e. The lowest BCUT2D eigenvalue weighted by atomic mass is 9.90. The number of furan rings is 1. The van der Waals surface area contributed by atoms with Crippen molar-refractivity contribution in [2.75, 3.05) is 11.4 Å². The Labute approximate surface area is 179 Å². The zero-order chi connectivity index (χ0) is 21.1. The number of hydrogen-bond acceptors (Lipinski definition) is 4. The van der Waals surface area contributed by atoms with E-state index in [-0.39, 0.29) is 6.42 Å². The minimum absolute atomic E-state index is 0.354. The summed E-state index contributed by atoms with van der Waals surface area (Å²) in [5.74, 6) is -0.394. The Morgan fingerprint density at radius 3 is 2.67 bits per heavy atom. The molecule has 0 fully saturated rings. The zero-order valence-corrected chi connectivity index (χ0v) is 16.9. The number of fused-ring (bicyclic) bond motifs is 1. The van der Waals surface area contributed by atoms with Crippen LogP contribution < -0.4 is 4.90 Å². The molecule has 4 rings (SSSR count). The van der Waals surface area contributed by atoms with Crippen LogP contribution in [0.15, 0.2) is 77.4 Å². The van der Waals surface area contributed by atoms with E-state index in [9.17, 15) is 14.7 Å². The van der Waals surface area contributed by atoms with E-state index in [1.54, 1.807) is 30.3 Å². The van der Waals surface area contributed by atoms with Gasteiger partial charge in [0.15, 0.2) is 11.4 Å². The molecule has 0 spiro atoms. The van der Waals surface area contributed by atoms with Gasteiger partial charge in [0.2, 0.25) is 0 Å². The third-order valence-corrected chi connectivity index (χ3v) is 5.40. The molecule has 0 saturated carbocycles. The number of hydrogen-bond donors (Lipinski definition) is 1. The minimum Gasteiger partial charge on any atom is -0.465 e. The van der Waals surface area contributed by atoms with Crippen molar-refractivity contribution in [1.82, 2.24) is 0 Å². The van der Waals surface area contributed by atoms with Crippen LogP contribution in [0.1, 0.15) is 23.3 Å². The first-order valence-corrected chi connectivity index (χ1v) is 9.98. The van der Waals surface area contributed by atoms with Gasteiger partial charge in [-0.05, 0) is 54.5 Å². The second kappa shape index (κ2) is 8.30. The first-order chi connectivity index (χ1) is 14.5. The summed E-state index contributed by atoms with van der Waals surface area (Å²) in [5.41, 5.74) is 0.0498. The number of anilines is 1. The second-order valence-electron chi connectivity index (χ2n) is 7.21. The number of ketones is 1. The Balaban J connectivity index is 1.58. The highest BCUT2D eigenvalue weighted by atomic mass is 35.5. The Morgan fingerprint density at radius 2 is 1.93 bits per heavy atom. The SMILES string of the molecule is O=C(/C=C/c1ccco1)C[C@@]1(O)C(=O)N(CCc2ccccc2)c2ccc(Cl)cc21. The van der Waals surface area contributed by atoms with Crippen LogP contribution in [0, 0.1) is 0 Å². The van der Waals surface area contributed by atoms with Crippen molar-refractivity contribution < 1.29 is 19.1 Å². The van der Waals surface area contributed by atoms with Crippen molar-refractivity contribution in [2.45, 2.75) is 18.4 Å². The van der Waals surface area contributed by atoms with Gasteiger partial charge < -0.3 is 14.4 Å². The number of aliphatic hydroxyl groups is 1. The molecule has 0 unspecified atom stereocenters. The molecule has 0 saturated heterocycles. The second-order valence-corrected chi connectivity index (χ2v) is 7.64. The van der Waals surface area contributed by atoms with Gasteiger partial charge in [-0.2, -0.15) is 0 Å². The van der Waals surface area contributed by atoms with Gasteiger partial charge in [-0.1, -0.05) is 41.9 Å². The first-order valence-electron chi connectivity index (χ1n) is 9.60. The Hall–Kier alpha value is -3.15. The molecule has 5 nitrogen and oxygen atoms in total. The zero-order valence-electron chi connectivity index (χ0n) is 16.1. The standard InChI is InChI=1S/C24H20ClNO4/c25-18-8-11-22-21(15-18)24(29,16-19(27)9-10-20-7-4-14-30-20)23(28)26(22)13-12-17-5-2-1-3-6-17/h1-11,14-15,29H,12-13,16H2/b10-9+/t24-/m0/s1. The highest BCUT2D eigenvalue weighted by Crippen LogP contribution is 2.43. The highest BCUT2D eigenvalue weighted by Gasteiger charge is 2.50. The third kappa shape index (κ3) is 3.95. The first kappa shape index (κ1) is 20.1. The van der Waals surface area contributed by atoms with Crippen LogP contribution in [0.4, 0.5) is 5.69 Å². The maximum Gasteiger partial charge on any atom is 0.264 e. The molecular weight excluding hydrogens is 402 g/mol. The third-order valence-electron chi connectivity index (χ3n) is 5.17. The number of nitrogens with zero attached hydrogens (tertiary/aromatic N) is 1. The number of benzene rings is 2. The van der Waals surface area contributed by atoms with Crippen molar-refractivity contribution in [3.63, 3.8) is 0 Å². The highest BCUT2D eigenvalue weighted by molar-refractivity contribution is 6.31. The summed E-state index contributed by atoms with van der Waals surface area (Å²) in [6.07, 6.45) is 4.56. The molecule has 1 aliphatic heterocycles. The van der Waals surface area contributed by atoms with E-state index in [1.807, 2.05) is 30.3 Å². The Kier molecular flexibility index (Phi) is 5.57. The lowest BCUT2D eigenvalue weighted by Crippen LogP contribution is -2.42. The van der Waals surface area contributed by atoms with Gasteiger partial charge in [0.05, 0.1) is 18.4 Å². The number of carbonyl (C=O) groups excluding carboxylic acids is 2. The molecule has 1 aromatic heterocycles. The van der Waals surface area contributed by atoms with Crippen molar-refractivity contribution in [1.29, 1.82) is 0 Å². The monoisotopic (exact) mass is 421 g/mol. The fraction of sp³-hybridized carbons (Fsp3) is 0.167. The summed E-state index contributed by atoms with van der Waals surface area (Å²) >= 11 is 6.13. The molecule has 30 heavy (non-hydrogen) atoms. The van der Waals surface area contributed by atoms with Crippen molar-refractivity contribution >= 4 is 35.1 Å². The molecule has 0 radical (unpaired) electrons.